The minimum Gasteiger partial charge on any atom is -0.497 e. The van der Waals surface area contributed by atoms with Crippen molar-refractivity contribution in [1.29, 1.82) is 0 Å². The van der Waals surface area contributed by atoms with Crippen molar-refractivity contribution in [3.05, 3.63) is 35.7 Å². The quantitative estimate of drug-likeness (QED) is 0.812. The van der Waals surface area contributed by atoms with Gasteiger partial charge in [0, 0.05) is 17.9 Å². The summed E-state index contributed by atoms with van der Waals surface area (Å²) in [7, 11) is 1.66. The average Bonchev–Trinajstić information content (AvgIpc) is 2.62. The molecule has 0 amide bonds. The Labute approximate surface area is 141 Å². The van der Waals surface area contributed by atoms with Gasteiger partial charge in [0.2, 0.25) is 0 Å². The number of anilines is 1. The number of carbonyl (C=O) groups is 1. The van der Waals surface area contributed by atoms with Crippen LogP contribution < -0.4 is 15.4 Å². The van der Waals surface area contributed by atoms with Crippen molar-refractivity contribution in [3.8, 4) is 5.75 Å². The van der Waals surface area contributed by atoms with Gasteiger partial charge in [0.15, 0.2) is 6.04 Å². The van der Waals surface area contributed by atoms with Gasteiger partial charge < -0.3 is 20.1 Å². The van der Waals surface area contributed by atoms with E-state index in [1.54, 1.807) is 7.11 Å². The summed E-state index contributed by atoms with van der Waals surface area (Å²) in [6.07, 6.45) is 2.85. The van der Waals surface area contributed by atoms with Crippen LogP contribution in [0.15, 0.2) is 40.7 Å². The fourth-order valence-electron chi connectivity index (χ4n) is 2.98. The number of allylic oxidation sites excluding steroid dienone is 2. The number of benzene rings is 1. The van der Waals surface area contributed by atoms with Gasteiger partial charge in [-0.15, -0.1) is 0 Å². The van der Waals surface area contributed by atoms with E-state index in [9.17, 15) is 4.79 Å². The Morgan fingerprint density at radius 1 is 1.33 bits per heavy atom. The summed E-state index contributed by atoms with van der Waals surface area (Å²) in [5.41, 5.74) is 4.11. The Morgan fingerprint density at radius 3 is 2.83 bits per heavy atom. The minimum absolute atomic E-state index is 0.258. The maximum absolute atomic E-state index is 11.9. The lowest BCUT2D eigenvalue weighted by molar-refractivity contribution is -0.144. The molecule has 0 fully saturated rings. The highest BCUT2D eigenvalue weighted by Crippen LogP contribution is 2.26. The van der Waals surface area contributed by atoms with Gasteiger partial charge in [-0.2, -0.15) is 0 Å². The van der Waals surface area contributed by atoms with Crippen LogP contribution in [-0.2, 0) is 9.53 Å². The lowest BCUT2D eigenvalue weighted by Gasteiger charge is -2.29. The van der Waals surface area contributed by atoms with Gasteiger partial charge in [0.25, 0.3) is 0 Å². The number of fused-ring (bicyclic) bond motifs is 1. The zero-order valence-electron chi connectivity index (χ0n) is 14.1. The van der Waals surface area contributed by atoms with Crippen molar-refractivity contribution in [3.63, 3.8) is 0 Å². The molecule has 0 bridgehead atoms. The molecule has 0 unspecified atom stereocenters. The molecule has 3 rings (SSSR count). The highest BCUT2D eigenvalue weighted by atomic mass is 16.5. The van der Waals surface area contributed by atoms with Crippen molar-refractivity contribution >= 4 is 17.4 Å². The molecule has 1 heterocycles. The molecule has 1 aromatic carbocycles. The standard InChI is InChI=1S/C18H23N3O3/c1-3-24-18(22)16-11-19-17-14(5-4-6-15(17)21-16)20-12-7-9-13(23-2)10-8-12/h7-10,16,19-20H,3-6,11H2,1-2H3/t16-/m0/s1. The first-order valence-electron chi connectivity index (χ1n) is 8.33. The number of rotatable bonds is 5. The first kappa shape index (κ1) is 16.4. The molecular weight excluding hydrogens is 306 g/mol. The van der Waals surface area contributed by atoms with Crippen LogP contribution in [0.3, 0.4) is 0 Å². The molecule has 0 saturated heterocycles. The maximum Gasteiger partial charge on any atom is 0.332 e. The number of nitrogens with zero attached hydrogens (tertiary/aromatic N) is 1. The maximum atomic E-state index is 11.9. The van der Waals surface area contributed by atoms with Crippen molar-refractivity contribution in [2.75, 3.05) is 25.6 Å². The number of hydrogen-bond donors (Lipinski definition) is 2. The molecule has 0 spiro atoms. The topological polar surface area (TPSA) is 72.0 Å². The molecule has 6 nitrogen and oxygen atoms in total. The minimum atomic E-state index is -0.441. The van der Waals surface area contributed by atoms with Gasteiger partial charge in [-0.3, -0.25) is 4.99 Å². The number of methoxy groups -OCH3 is 1. The first-order valence-corrected chi connectivity index (χ1v) is 8.33. The van der Waals surface area contributed by atoms with Crippen LogP contribution >= 0.6 is 0 Å². The number of nitrogens with one attached hydrogen (secondary N) is 2. The van der Waals surface area contributed by atoms with Crippen molar-refractivity contribution in [2.24, 2.45) is 4.99 Å². The second-order valence-electron chi connectivity index (χ2n) is 5.79. The van der Waals surface area contributed by atoms with E-state index < -0.39 is 6.04 Å². The molecule has 2 N–H and O–H groups in total. The molecule has 1 atom stereocenters. The SMILES string of the molecule is CCOC(=O)[C@@H]1CNC2=C(Nc3ccc(OC)cc3)CCCC2=N1. The molecule has 0 aromatic heterocycles. The number of carbonyl (C=O) groups excluding carboxylic acids is 1. The van der Waals surface area contributed by atoms with Gasteiger partial charge in [0.05, 0.1) is 25.1 Å². The molecule has 24 heavy (non-hydrogen) atoms. The molecule has 1 aromatic rings. The fourth-order valence-corrected chi connectivity index (χ4v) is 2.98. The van der Waals surface area contributed by atoms with E-state index in [0.717, 1.165) is 47.8 Å². The number of esters is 1. The highest BCUT2D eigenvalue weighted by molar-refractivity contribution is 6.03. The Kier molecular flexibility index (Phi) is 5.03. The number of hydrogen-bond acceptors (Lipinski definition) is 6. The largest absolute Gasteiger partial charge is 0.497 e. The van der Waals surface area contributed by atoms with E-state index in [1.165, 1.54) is 0 Å². The van der Waals surface area contributed by atoms with Gasteiger partial charge in [-0.1, -0.05) is 0 Å². The molecule has 0 saturated carbocycles. The normalized spacial score (nSPS) is 19.8. The Bertz CT molecular complexity index is 665. The molecule has 0 radical (unpaired) electrons. The summed E-state index contributed by atoms with van der Waals surface area (Å²) in [4.78, 5) is 16.5. The zero-order chi connectivity index (χ0) is 16.9. The third kappa shape index (κ3) is 3.53. The third-order valence-corrected chi connectivity index (χ3v) is 4.16. The van der Waals surface area contributed by atoms with E-state index in [-0.39, 0.29) is 5.97 Å². The summed E-state index contributed by atoms with van der Waals surface area (Å²) < 4.78 is 10.3. The highest BCUT2D eigenvalue weighted by Gasteiger charge is 2.29. The number of ether oxygens (including phenoxy) is 2. The Morgan fingerprint density at radius 2 is 2.12 bits per heavy atom. The summed E-state index contributed by atoms with van der Waals surface area (Å²) in [6, 6.07) is 7.39. The number of aliphatic imine (C=N–C) groups is 1. The van der Waals surface area contributed by atoms with Crippen molar-refractivity contribution in [1.82, 2.24) is 5.32 Å². The second kappa shape index (κ2) is 7.38. The van der Waals surface area contributed by atoms with E-state index in [1.807, 2.05) is 31.2 Å². The third-order valence-electron chi connectivity index (χ3n) is 4.16. The average molecular weight is 329 g/mol. The lowest BCUT2D eigenvalue weighted by Crippen LogP contribution is -2.42. The fraction of sp³-hybridized carbons (Fsp3) is 0.444. The predicted octanol–water partition coefficient (Wildman–Crippen LogP) is 2.48. The van der Waals surface area contributed by atoms with E-state index in [2.05, 4.69) is 15.6 Å². The van der Waals surface area contributed by atoms with Crippen LogP contribution in [0.1, 0.15) is 26.2 Å². The van der Waals surface area contributed by atoms with Gasteiger partial charge in [-0.05, 0) is 50.5 Å². The molecule has 6 heteroatoms. The van der Waals surface area contributed by atoms with Gasteiger partial charge >= 0.3 is 5.97 Å². The van der Waals surface area contributed by atoms with Crippen molar-refractivity contribution < 1.29 is 14.3 Å². The molecule has 1 aliphatic heterocycles. The summed E-state index contributed by atoms with van der Waals surface area (Å²) in [6.45, 7) is 2.67. The van der Waals surface area contributed by atoms with Crippen LogP contribution in [0.4, 0.5) is 5.69 Å². The van der Waals surface area contributed by atoms with E-state index in [0.29, 0.717) is 13.2 Å². The van der Waals surface area contributed by atoms with Crippen LogP contribution in [0, 0.1) is 0 Å². The monoisotopic (exact) mass is 329 g/mol. The first-order chi connectivity index (χ1) is 11.7. The van der Waals surface area contributed by atoms with E-state index >= 15 is 0 Å². The summed E-state index contributed by atoms with van der Waals surface area (Å²) >= 11 is 0. The van der Waals surface area contributed by atoms with Gasteiger partial charge in [-0.25, -0.2) is 4.79 Å². The molecular formula is C18H23N3O3. The molecule has 1 aliphatic carbocycles. The van der Waals surface area contributed by atoms with E-state index in [4.69, 9.17) is 9.47 Å². The zero-order valence-corrected chi connectivity index (χ0v) is 14.1. The summed E-state index contributed by atoms with van der Waals surface area (Å²) in [5, 5.41) is 6.83. The smallest absolute Gasteiger partial charge is 0.332 e. The van der Waals surface area contributed by atoms with Crippen molar-refractivity contribution in [2.45, 2.75) is 32.2 Å². The van der Waals surface area contributed by atoms with Gasteiger partial charge in [0.1, 0.15) is 5.75 Å². The predicted molar refractivity (Wildman–Crippen MR) is 93.4 cm³/mol. The summed E-state index contributed by atoms with van der Waals surface area (Å²) in [5.74, 6) is 0.573. The van der Waals surface area contributed by atoms with Crippen LogP contribution in [0.5, 0.6) is 5.75 Å². The molecule has 2 aliphatic rings. The lowest BCUT2D eigenvalue weighted by atomic mass is 9.96. The van der Waals surface area contributed by atoms with Crippen LogP contribution in [0.25, 0.3) is 0 Å². The van der Waals surface area contributed by atoms with Crippen LogP contribution in [-0.4, -0.2) is 38.0 Å². The Balaban J connectivity index is 1.78. The Hall–Kier alpha value is -2.50. The molecule has 128 valence electrons. The second-order valence-corrected chi connectivity index (χ2v) is 5.79. The van der Waals surface area contributed by atoms with Crippen LogP contribution in [0.2, 0.25) is 0 Å².